The van der Waals surface area contributed by atoms with E-state index < -0.39 is 17.8 Å². The van der Waals surface area contributed by atoms with Crippen LogP contribution in [-0.2, 0) is 4.79 Å². The second kappa shape index (κ2) is 6.85. The molecule has 1 N–H and O–H groups in total. The number of aldehydes is 1. The Hall–Kier alpha value is -2.69. The predicted molar refractivity (Wildman–Crippen MR) is 81.7 cm³/mol. The van der Waals surface area contributed by atoms with E-state index in [4.69, 9.17) is 4.74 Å². The van der Waals surface area contributed by atoms with Gasteiger partial charge in [0.25, 0.3) is 5.91 Å². The van der Waals surface area contributed by atoms with Crippen LogP contribution in [0.1, 0.15) is 22.8 Å². The lowest BCUT2D eigenvalue weighted by molar-refractivity contribution is -0.122. The SMILES string of the molecule is Cc1ccc(NC(=O)C(C)Oc2cccc(C=O)c2)c(F)c1. The third-order valence-corrected chi connectivity index (χ3v) is 3.06. The summed E-state index contributed by atoms with van der Waals surface area (Å²) in [6.07, 6.45) is -0.137. The highest BCUT2D eigenvalue weighted by Gasteiger charge is 2.16. The van der Waals surface area contributed by atoms with Crippen LogP contribution in [0.25, 0.3) is 0 Å². The minimum atomic E-state index is -0.831. The van der Waals surface area contributed by atoms with Crippen molar-refractivity contribution in [1.29, 1.82) is 0 Å². The van der Waals surface area contributed by atoms with Gasteiger partial charge in [0.2, 0.25) is 0 Å². The Morgan fingerprint density at radius 2 is 2.05 bits per heavy atom. The second-order valence-electron chi connectivity index (χ2n) is 4.92. The normalized spacial score (nSPS) is 11.6. The molecule has 5 heteroatoms. The first-order valence-corrected chi connectivity index (χ1v) is 6.78. The van der Waals surface area contributed by atoms with E-state index in [1.54, 1.807) is 38.1 Å². The molecule has 4 nitrogen and oxygen atoms in total. The largest absolute Gasteiger partial charge is 0.481 e. The van der Waals surface area contributed by atoms with Crippen LogP contribution < -0.4 is 10.1 Å². The van der Waals surface area contributed by atoms with Crippen molar-refractivity contribution in [3.8, 4) is 5.75 Å². The van der Waals surface area contributed by atoms with E-state index in [9.17, 15) is 14.0 Å². The standard InChI is InChI=1S/C17H16FNO3/c1-11-6-7-16(15(18)8-11)19-17(21)12(2)22-14-5-3-4-13(9-14)10-20/h3-10,12H,1-2H3,(H,19,21). The van der Waals surface area contributed by atoms with Gasteiger partial charge < -0.3 is 10.1 Å². The molecule has 1 atom stereocenters. The second-order valence-corrected chi connectivity index (χ2v) is 4.92. The Balaban J connectivity index is 2.04. The molecule has 2 rings (SSSR count). The van der Waals surface area contributed by atoms with E-state index in [2.05, 4.69) is 5.32 Å². The highest BCUT2D eigenvalue weighted by atomic mass is 19.1. The van der Waals surface area contributed by atoms with Gasteiger partial charge in [-0.25, -0.2) is 4.39 Å². The molecule has 0 aliphatic carbocycles. The number of hydrogen-bond donors (Lipinski definition) is 1. The third kappa shape index (κ3) is 3.91. The first-order chi connectivity index (χ1) is 10.5. The van der Waals surface area contributed by atoms with E-state index in [0.29, 0.717) is 17.6 Å². The van der Waals surface area contributed by atoms with Crippen LogP contribution >= 0.6 is 0 Å². The van der Waals surface area contributed by atoms with Crippen LogP contribution in [0.4, 0.5) is 10.1 Å². The van der Waals surface area contributed by atoms with Crippen molar-refractivity contribution in [1.82, 2.24) is 0 Å². The molecule has 0 saturated carbocycles. The van der Waals surface area contributed by atoms with Gasteiger partial charge in [-0.3, -0.25) is 9.59 Å². The number of nitrogens with one attached hydrogen (secondary N) is 1. The van der Waals surface area contributed by atoms with E-state index in [1.165, 1.54) is 18.2 Å². The highest BCUT2D eigenvalue weighted by Crippen LogP contribution is 2.17. The van der Waals surface area contributed by atoms with E-state index in [-0.39, 0.29) is 5.69 Å². The maximum atomic E-state index is 13.7. The van der Waals surface area contributed by atoms with Crippen molar-refractivity contribution < 1.29 is 18.7 Å². The van der Waals surface area contributed by atoms with Gasteiger partial charge >= 0.3 is 0 Å². The summed E-state index contributed by atoms with van der Waals surface area (Å²) in [5, 5.41) is 2.48. The lowest BCUT2D eigenvalue weighted by atomic mass is 10.2. The zero-order chi connectivity index (χ0) is 16.1. The molecule has 0 bridgehead atoms. The maximum Gasteiger partial charge on any atom is 0.265 e. The average Bonchev–Trinajstić information content (AvgIpc) is 2.50. The number of benzene rings is 2. The lowest BCUT2D eigenvalue weighted by Crippen LogP contribution is -2.30. The maximum absolute atomic E-state index is 13.7. The fourth-order valence-electron chi connectivity index (χ4n) is 1.87. The first-order valence-electron chi connectivity index (χ1n) is 6.78. The molecular weight excluding hydrogens is 285 g/mol. The van der Waals surface area contributed by atoms with Crippen LogP contribution in [-0.4, -0.2) is 18.3 Å². The van der Waals surface area contributed by atoms with Gasteiger partial charge in [-0.05, 0) is 43.7 Å². The minimum Gasteiger partial charge on any atom is -0.481 e. The number of anilines is 1. The van der Waals surface area contributed by atoms with Crippen LogP contribution in [0, 0.1) is 12.7 Å². The first kappa shape index (κ1) is 15.7. The average molecular weight is 301 g/mol. The molecule has 0 spiro atoms. The number of carbonyl (C=O) groups is 2. The number of halogens is 1. The van der Waals surface area contributed by atoms with Gasteiger partial charge in [-0.15, -0.1) is 0 Å². The van der Waals surface area contributed by atoms with Gasteiger partial charge in [-0.1, -0.05) is 18.2 Å². The Labute approximate surface area is 127 Å². The zero-order valence-electron chi connectivity index (χ0n) is 12.3. The van der Waals surface area contributed by atoms with Gasteiger partial charge in [0.15, 0.2) is 6.10 Å². The minimum absolute atomic E-state index is 0.104. The van der Waals surface area contributed by atoms with E-state index in [1.807, 2.05) is 0 Å². The molecule has 2 aromatic rings. The zero-order valence-corrected chi connectivity index (χ0v) is 12.3. The van der Waals surface area contributed by atoms with Crippen molar-refractivity contribution in [2.45, 2.75) is 20.0 Å². The highest BCUT2D eigenvalue weighted by molar-refractivity contribution is 5.94. The summed E-state index contributed by atoms with van der Waals surface area (Å²) < 4.78 is 19.2. The fraction of sp³-hybridized carbons (Fsp3) is 0.176. The van der Waals surface area contributed by atoms with Gasteiger partial charge in [0.05, 0.1) is 5.69 Å². The number of ether oxygens (including phenoxy) is 1. The molecule has 114 valence electrons. The van der Waals surface area contributed by atoms with Crippen LogP contribution in [0.5, 0.6) is 5.75 Å². The van der Waals surface area contributed by atoms with Gasteiger partial charge in [-0.2, -0.15) is 0 Å². The Morgan fingerprint density at radius 1 is 1.27 bits per heavy atom. The van der Waals surface area contributed by atoms with Crippen LogP contribution in [0.3, 0.4) is 0 Å². The van der Waals surface area contributed by atoms with Crippen molar-refractivity contribution in [3.63, 3.8) is 0 Å². The summed E-state index contributed by atoms with van der Waals surface area (Å²) >= 11 is 0. The summed E-state index contributed by atoms with van der Waals surface area (Å²) in [7, 11) is 0. The summed E-state index contributed by atoms with van der Waals surface area (Å²) in [5.74, 6) is -0.570. The summed E-state index contributed by atoms with van der Waals surface area (Å²) in [6, 6.07) is 11.0. The number of aryl methyl sites for hydroxylation is 1. The van der Waals surface area contributed by atoms with Crippen molar-refractivity contribution in [2.75, 3.05) is 5.32 Å². The monoisotopic (exact) mass is 301 g/mol. The number of rotatable bonds is 5. The number of hydrogen-bond acceptors (Lipinski definition) is 3. The van der Waals surface area contributed by atoms with E-state index in [0.717, 1.165) is 5.56 Å². The van der Waals surface area contributed by atoms with Crippen LogP contribution in [0.2, 0.25) is 0 Å². The van der Waals surface area contributed by atoms with Gasteiger partial charge in [0.1, 0.15) is 17.9 Å². The molecule has 0 radical (unpaired) electrons. The molecular formula is C17H16FNO3. The summed E-state index contributed by atoms with van der Waals surface area (Å²) in [6.45, 7) is 3.31. The fourth-order valence-corrected chi connectivity index (χ4v) is 1.87. The lowest BCUT2D eigenvalue weighted by Gasteiger charge is -2.15. The molecule has 0 saturated heterocycles. The molecule has 1 unspecified atom stereocenters. The van der Waals surface area contributed by atoms with Crippen molar-refractivity contribution >= 4 is 17.9 Å². The number of amides is 1. The van der Waals surface area contributed by atoms with E-state index >= 15 is 0 Å². The molecule has 0 aromatic heterocycles. The van der Waals surface area contributed by atoms with Gasteiger partial charge in [0, 0.05) is 5.56 Å². The summed E-state index contributed by atoms with van der Waals surface area (Å²) in [5.41, 5.74) is 1.33. The molecule has 0 heterocycles. The quantitative estimate of drug-likeness (QED) is 0.862. The van der Waals surface area contributed by atoms with Crippen molar-refractivity contribution in [2.24, 2.45) is 0 Å². The molecule has 2 aromatic carbocycles. The van der Waals surface area contributed by atoms with Crippen molar-refractivity contribution in [3.05, 3.63) is 59.4 Å². The third-order valence-electron chi connectivity index (χ3n) is 3.06. The Kier molecular flexibility index (Phi) is 4.88. The topological polar surface area (TPSA) is 55.4 Å². The Morgan fingerprint density at radius 3 is 2.73 bits per heavy atom. The van der Waals surface area contributed by atoms with Crippen LogP contribution in [0.15, 0.2) is 42.5 Å². The smallest absolute Gasteiger partial charge is 0.265 e. The molecule has 22 heavy (non-hydrogen) atoms. The molecule has 0 aliphatic rings. The predicted octanol–water partition coefficient (Wildman–Crippen LogP) is 3.35. The Bertz CT molecular complexity index is 700. The molecule has 0 aliphatic heterocycles. The number of carbonyl (C=O) groups excluding carboxylic acids is 2. The summed E-state index contributed by atoms with van der Waals surface area (Å²) in [4.78, 5) is 22.7. The molecule has 0 fully saturated rings. The molecule has 1 amide bonds.